The molecule has 0 aromatic heterocycles. The maximum atomic E-state index is 11.7. The molecule has 0 amide bonds. The van der Waals surface area contributed by atoms with Gasteiger partial charge in [0.15, 0.2) is 6.61 Å². The summed E-state index contributed by atoms with van der Waals surface area (Å²) in [6.07, 6.45) is -9.34. The Morgan fingerprint density at radius 3 is 1.71 bits per heavy atom. The minimum absolute atomic E-state index is 0.197. The lowest BCUT2D eigenvalue weighted by Gasteiger charge is -2.11. The monoisotopic (exact) mass is 260 g/mol. The van der Waals surface area contributed by atoms with Gasteiger partial charge in [0, 0.05) is 0 Å². The molecule has 0 bridgehead atoms. The van der Waals surface area contributed by atoms with Crippen molar-refractivity contribution in [3.8, 4) is 11.5 Å². The van der Waals surface area contributed by atoms with Gasteiger partial charge in [-0.25, -0.2) is 0 Å². The van der Waals surface area contributed by atoms with E-state index in [4.69, 9.17) is 0 Å². The first-order valence-electron chi connectivity index (χ1n) is 4.21. The van der Waals surface area contributed by atoms with Gasteiger partial charge in [0.05, 0.1) is 0 Å². The van der Waals surface area contributed by atoms with Crippen LogP contribution in [0.3, 0.4) is 0 Å². The molecule has 0 spiro atoms. The van der Waals surface area contributed by atoms with E-state index in [1.165, 1.54) is 0 Å². The highest BCUT2D eigenvalue weighted by Gasteiger charge is 2.31. The van der Waals surface area contributed by atoms with Crippen LogP contribution in [-0.2, 0) is 0 Å². The predicted octanol–water partition coefficient (Wildman–Crippen LogP) is 3.53. The van der Waals surface area contributed by atoms with Crippen molar-refractivity contribution in [2.45, 2.75) is 12.5 Å². The fourth-order valence-corrected chi connectivity index (χ4v) is 0.903. The normalized spacial score (nSPS) is 12.4. The van der Waals surface area contributed by atoms with E-state index in [0.717, 1.165) is 24.3 Å². The van der Waals surface area contributed by atoms with Crippen molar-refractivity contribution in [3.63, 3.8) is 0 Å². The quantitative estimate of drug-likeness (QED) is 0.774. The summed E-state index contributed by atoms with van der Waals surface area (Å²) in [5, 5.41) is 0. The molecule has 1 aromatic rings. The van der Waals surface area contributed by atoms with Crippen LogP contribution in [0.2, 0.25) is 0 Å². The number of alkyl halides is 6. The zero-order valence-electron chi connectivity index (χ0n) is 8.10. The Bertz CT molecular complexity index is 353. The summed E-state index contributed by atoms with van der Waals surface area (Å²) >= 11 is 0. The summed E-state index contributed by atoms with van der Waals surface area (Å²) in [6, 6.07) is 3.62. The minimum atomic E-state index is -4.84. The van der Waals surface area contributed by atoms with Crippen molar-refractivity contribution >= 4 is 0 Å². The van der Waals surface area contributed by atoms with Crippen LogP contribution in [0, 0.1) is 0 Å². The van der Waals surface area contributed by atoms with Gasteiger partial charge in [0.25, 0.3) is 0 Å². The molecular weight excluding hydrogens is 254 g/mol. The Morgan fingerprint density at radius 1 is 0.824 bits per heavy atom. The maximum absolute atomic E-state index is 11.7. The second kappa shape index (κ2) is 4.72. The van der Waals surface area contributed by atoms with Crippen LogP contribution >= 0.6 is 0 Å². The van der Waals surface area contributed by atoms with E-state index in [-0.39, 0.29) is 5.75 Å². The first-order valence-corrected chi connectivity index (χ1v) is 4.21. The van der Waals surface area contributed by atoms with Crippen molar-refractivity contribution in [1.29, 1.82) is 0 Å². The van der Waals surface area contributed by atoms with Crippen molar-refractivity contribution < 1.29 is 35.8 Å². The molecule has 0 saturated carbocycles. The van der Waals surface area contributed by atoms with Gasteiger partial charge < -0.3 is 9.47 Å². The molecule has 0 unspecified atom stereocenters. The molecule has 2 nitrogen and oxygen atoms in total. The average molecular weight is 260 g/mol. The van der Waals surface area contributed by atoms with Crippen molar-refractivity contribution in [3.05, 3.63) is 24.3 Å². The molecule has 0 radical (unpaired) electrons. The molecule has 17 heavy (non-hydrogen) atoms. The molecule has 0 aliphatic rings. The zero-order chi connectivity index (χ0) is 13.1. The SMILES string of the molecule is FC(F)(F)COc1ccc(OC(F)(F)F)cc1. The van der Waals surface area contributed by atoms with Crippen LogP contribution in [0.15, 0.2) is 24.3 Å². The third kappa shape index (κ3) is 5.88. The Balaban J connectivity index is 2.56. The molecule has 0 aliphatic heterocycles. The standard InChI is InChI=1S/C9H6F6O2/c10-8(11,12)5-16-6-1-3-7(4-2-6)17-9(13,14)15/h1-4H,5H2. The van der Waals surface area contributed by atoms with Crippen molar-refractivity contribution in [2.24, 2.45) is 0 Å². The van der Waals surface area contributed by atoms with Gasteiger partial charge in [0.1, 0.15) is 11.5 Å². The number of hydrogen-bond donors (Lipinski definition) is 0. The van der Waals surface area contributed by atoms with Crippen LogP contribution in [0.1, 0.15) is 0 Å². The number of ether oxygens (including phenoxy) is 2. The second-order valence-electron chi connectivity index (χ2n) is 2.92. The number of hydrogen-bond acceptors (Lipinski definition) is 2. The van der Waals surface area contributed by atoms with Crippen molar-refractivity contribution in [2.75, 3.05) is 6.61 Å². The topological polar surface area (TPSA) is 18.5 Å². The lowest BCUT2D eigenvalue weighted by atomic mass is 10.3. The lowest BCUT2D eigenvalue weighted by molar-refractivity contribution is -0.274. The van der Waals surface area contributed by atoms with E-state index < -0.39 is 24.9 Å². The summed E-state index contributed by atoms with van der Waals surface area (Å²) in [5.74, 6) is -0.728. The molecule has 1 rings (SSSR count). The molecule has 0 saturated heterocycles. The highest BCUT2D eigenvalue weighted by Crippen LogP contribution is 2.25. The van der Waals surface area contributed by atoms with Crippen molar-refractivity contribution in [1.82, 2.24) is 0 Å². The molecule has 0 N–H and O–H groups in total. The van der Waals surface area contributed by atoms with E-state index in [1.807, 2.05) is 0 Å². The Kier molecular flexibility index (Phi) is 3.74. The predicted molar refractivity (Wildman–Crippen MR) is 44.7 cm³/mol. The Hall–Kier alpha value is -1.60. The summed E-state index contributed by atoms with van der Waals surface area (Å²) < 4.78 is 78.3. The molecule has 0 aliphatic carbocycles. The molecule has 8 heteroatoms. The highest BCUT2D eigenvalue weighted by atomic mass is 19.4. The largest absolute Gasteiger partial charge is 0.573 e. The van der Waals surface area contributed by atoms with Gasteiger partial charge >= 0.3 is 12.5 Å². The fourth-order valence-electron chi connectivity index (χ4n) is 0.903. The van der Waals surface area contributed by atoms with Crippen LogP contribution < -0.4 is 9.47 Å². The minimum Gasteiger partial charge on any atom is -0.484 e. The molecule has 0 fully saturated rings. The fraction of sp³-hybridized carbons (Fsp3) is 0.333. The van der Waals surface area contributed by atoms with Gasteiger partial charge in [-0.2, -0.15) is 13.2 Å². The summed E-state index contributed by atoms with van der Waals surface area (Å²) in [4.78, 5) is 0. The van der Waals surface area contributed by atoms with Gasteiger partial charge in [-0.1, -0.05) is 0 Å². The van der Waals surface area contributed by atoms with Crippen LogP contribution in [-0.4, -0.2) is 19.1 Å². The van der Waals surface area contributed by atoms with Gasteiger partial charge in [-0.05, 0) is 24.3 Å². The van der Waals surface area contributed by atoms with Gasteiger partial charge in [-0.3, -0.25) is 0 Å². The van der Waals surface area contributed by atoms with Gasteiger partial charge in [0.2, 0.25) is 0 Å². The number of rotatable bonds is 3. The third-order valence-electron chi connectivity index (χ3n) is 1.46. The number of benzene rings is 1. The molecular formula is C9H6F6O2. The van der Waals surface area contributed by atoms with Crippen LogP contribution in [0.25, 0.3) is 0 Å². The first-order chi connectivity index (χ1) is 7.66. The third-order valence-corrected chi connectivity index (χ3v) is 1.46. The summed E-state index contributed by atoms with van der Waals surface area (Å²) in [6.45, 7) is -1.51. The highest BCUT2D eigenvalue weighted by molar-refractivity contribution is 5.31. The number of halogens is 6. The molecule has 96 valence electrons. The summed E-state index contributed by atoms with van der Waals surface area (Å²) in [7, 11) is 0. The molecule has 0 atom stereocenters. The van der Waals surface area contributed by atoms with Crippen LogP contribution in [0.5, 0.6) is 11.5 Å². The van der Waals surface area contributed by atoms with E-state index in [9.17, 15) is 26.3 Å². The second-order valence-corrected chi connectivity index (χ2v) is 2.92. The zero-order valence-corrected chi connectivity index (χ0v) is 8.10. The van der Waals surface area contributed by atoms with E-state index >= 15 is 0 Å². The van der Waals surface area contributed by atoms with Gasteiger partial charge in [-0.15, -0.1) is 13.2 Å². The van der Waals surface area contributed by atoms with Crippen LogP contribution in [0.4, 0.5) is 26.3 Å². The lowest BCUT2D eigenvalue weighted by Crippen LogP contribution is -2.19. The maximum Gasteiger partial charge on any atom is 0.573 e. The molecule has 0 heterocycles. The van der Waals surface area contributed by atoms with E-state index in [1.54, 1.807) is 0 Å². The van der Waals surface area contributed by atoms with E-state index in [2.05, 4.69) is 9.47 Å². The summed E-state index contributed by atoms with van der Waals surface area (Å²) in [5.41, 5.74) is 0. The first kappa shape index (κ1) is 13.5. The average Bonchev–Trinajstić information content (AvgIpc) is 2.13. The smallest absolute Gasteiger partial charge is 0.484 e. The molecule has 1 aromatic carbocycles. The Labute approximate surface area is 91.7 Å². The Morgan fingerprint density at radius 2 is 1.29 bits per heavy atom. The van der Waals surface area contributed by atoms with E-state index in [0.29, 0.717) is 0 Å².